The molecule has 1 amide bonds. The molecule has 162 valence electrons. The first kappa shape index (κ1) is 21.5. The van der Waals surface area contributed by atoms with Crippen molar-refractivity contribution in [1.82, 2.24) is 5.43 Å². The van der Waals surface area contributed by atoms with Crippen molar-refractivity contribution in [2.75, 3.05) is 0 Å². The fourth-order valence-electron chi connectivity index (χ4n) is 3.57. The molecule has 3 aromatic rings. The Morgan fingerprint density at radius 3 is 2.25 bits per heavy atom. The molecule has 4 rings (SSSR count). The summed E-state index contributed by atoms with van der Waals surface area (Å²) in [5.41, 5.74) is 7.39. The maximum absolute atomic E-state index is 12.5. The average molecular weight is 427 g/mol. The van der Waals surface area contributed by atoms with Crippen molar-refractivity contribution in [3.8, 4) is 5.75 Å². The molecule has 32 heavy (non-hydrogen) atoms. The quantitative estimate of drug-likeness (QED) is 0.564. The second-order valence-electron chi connectivity index (χ2n) is 8.90. The van der Waals surface area contributed by atoms with Crippen LogP contribution < -0.4 is 10.2 Å². The highest BCUT2D eigenvalue weighted by atomic mass is 16.5. The van der Waals surface area contributed by atoms with Crippen LogP contribution in [0, 0.1) is 0 Å². The number of hydrogen-bond acceptors (Lipinski definition) is 4. The lowest BCUT2D eigenvalue weighted by Crippen LogP contribution is -2.19. The predicted octanol–water partition coefficient (Wildman–Crippen LogP) is 5.28. The Hall–Kier alpha value is -3.73. The maximum atomic E-state index is 12.5. The molecule has 1 aliphatic carbocycles. The second kappa shape index (κ2) is 8.79. The van der Waals surface area contributed by atoms with E-state index in [1.54, 1.807) is 18.2 Å². The zero-order valence-corrected chi connectivity index (χ0v) is 18.5. The number of amides is 1. The van der Waals surface area contributed by atoms with Crippen LogP contribution in [0.2, 0.25) is 0 Å². The van der Waals surface area contributed by atoms with Gasteiger partial charge in [-0.15, -0.1) is 0 Å². The molecule has 5 heteroatoms. The molecule has 0 unspecified atom stereocenters. The van der Waals surface area contributed by atoms with Gasteiger partial charge in [0.15, 0.2) is 5.78 Å². The average Bonchev–Trinajstić information content (AvgIpc) is 3.12. The smallest absolute Gasteiger partial charge is 0.271 e. The molecule has 3 aromatic carbocycles. The number of carbonyl (C=O) groups is 2. The zero-order valence-electron chi connectivity index (χ0n) is 18.5. The number of nitrogens with zero attached hydrogens (tertiary/aromatic N) is 1. The number of ether oxygens (including phenoxy) is 1. The lowest BCUT2D eigenvalue weighted by atomic mass is 9.87. The van der Waals surface area contributed by atoms with Crippen LogP contribution in [0.25, 0.3) is 0 Å². The molecule has 0 bridgehead atoms. The number of carbonyl (C=O) groups excluding carboxylic acids is 2. The van der Waals surface area contributed by atoms with Gasteiger partial charge >= 0.3 is 0 Å². The van der Waals surface area contributed by atoms with Crippen molar-refractivity contribution in [3.63, 3.8) is 0 Å². The van der Waals surface area contributed by atoms with Crippen LogP contribution in [-0.2, 0) is 12.0 Å². The minimum atomic E-state index is -0.320. The van der Waals surface area contributed by atoms with Crippen LogP contribution >= 0.6 is 0 Å². The van der Waals surface area contributed by atoms with Crippen LogP contribution in [-0.4, -0.2) is 17.4 Å². The minimum absolute atomic E-state index is 0.0194. The fourth-order valence-corrected chi connectivity index (χ4v) is 3.57. The molecule has 0 aromatic heterocycles. The summed E-state index contributed by atoms with van der Waals surface area (Å²) in [5, 5.41) is 4.19. The first-order valence-electron chi connectivity index (χ1n) is 10.6. The molecule has 0 saturated carbocycles. The molecule has 0 saturated heterocycles. The highest BCUT2D eigenvalue weighted by molar-refractivity contribution is 6.26. The van der Waals surface area contributed by atoms with Gasteiger partial charge in [-0.05, 0) is 40.8 Å². The van der Waals surface area contributed by atoms with E-state index in [1.807, 2.05) is 42.5 Å². The van der Waals surface area contributed by atoms with E-state index in [0.29, 0.717) is 23.4 Å². The van der Waals surface area contributed by atoms with Gasteiger partial charge in [0.05, 0.1) is 12.1 Å². The zero-order chi connectivity index (χ0) is 22.7. The molecule has 0 spiro atoms. The van der Waals surface area contributed by atoms with E-state index in [9.17, 15) is 9.59 Å². The highest BCUT2D eigenvalue weighted by Crippen LogP contribution is 2.25. The van der Waals surface area contributed by atoms with Crippen LogP contribution in [0.4, 0.5) is 0 Å². The monoisotopic (exact) mass is 426 g/mol. The van der Waals surface area contributed by atoms with Gasteiger partial charge in [0.1, 0.15) is 12.4 Å². The Morgan fingerprint density at radius 1 is 0.938 bits per heavy atom. The number of benzene rings is 3. The first-order chi connectivity index (χ1) is 15.3. The van der Waals surface area contributed by atoms with Crippen molar-refractivity contribution < 1.29 is 14.3 Å². The fraction of sp³-hybridized carbons (Fsp3) is 0.222. The third kappa shape index (κ3) is 4.78. The van der Waals surface area contributed by atoms with E-state index in [4.69, 9.17) is 4.74 Å². The molecule has 0 aliphatic heterocycles. The van der Waals surface area contributed by atoms with Gasteiger partial charge in [-0.25, -0.2) is 5.43 Å². The van der Waals surface area contributed by atoms with Crippen molar-refractivity contribution in [2.24, 2.45) is 5.10 Å². The first-order valence-corrected chi connectivity index (χ1v) is 10.6. The number of Topliss-reactive ketones (excluding diaryl/α,β-unsaturated/α-hetero) is 1. The van der Waals surface area contributed by atoms with E-state index < -0.39 is 0 Å². The second-order valence-corrected chi connectivity index (χ2v) is 8.90. The molecule has 1 N–H and O–H groups in total. The summed E-state index contributed by atoms with van der Waals surface area (Å²) in [7, 11) is 0. The van der Waals surface area contributed by atoms with Gasteiger partial charge in [0.2, 0.25) is 0 Å². The van der Waals surface area contributed by atoms with Gasteiger partial charge in [-0.2, -0.15) is 5.10 Å². The van der Waals surface area contributed by atoms with Gasteiger partial charge in [-0.1, -0.05) is 69.3 Å². The number of nitrogens with one attached hydrogen (secondary N) is 1. The Morgan fingerprint density at radius 2 is 1.59 bits per heavy atom. The SMILES string of the molecule is CC(C)(C)c1ccc(OCc2ccc(C(=O)NN=C3CC(=O)c4ccccc43)cc2)cc1. The summed E-state index contributed by atoms with van der Waals surface area (Å²) in [4.78, 5) is 24.5. The summed E-state index contributed by atoms with van der Waals surface area (Å²) in [5.74, 6) is 0.507. The van der Waals surface area contributed by atoms with Crippen LogP contribution in [0.15, 0.2) is 77.9 Å². The van der Waals surface area contributed by atoms with Crippen LogP contribution in [0.3, 0.4) is 0 Å². The van der Waals surface area contributed by atoms with Crippen molar-refractivity contribution in [1.29, 1.82) is 0 Å². The highest BCUT2D eigenvalue weighted by Gasteiger charge is 2.25. The number of fused-ring (bicyclic) bond motifs is 1. The van der Waals surface area contributed by atoms with Crippen molar-refractivity contribution in [2.45, 2.75) is 39.2 Å². The number of rotatable bonds is 5. The van der Waals surface area contributed by atoms with E-state index >= 15 is 0 Å². The molecule has 1 aliphatic rings. The van der Waals surface area contributed by atoms with Crippen LogP contribution in [0.5, 0.6) is 5.75 Å². The standard InChI is InChI=1S/C27H26N2O3/c1-27(2,3)20-12-14-21(15-13-20)32-17-18-8-10-19(11-9-18)26(31)29-28-24-16-25(30)23-7-5-4-6-22(23)24/h4-15H,16-17H2,1-3H3,(H,29,31). The summed E-state index contributed by atoms with van der Waals surface area (Å²) in [6, 6.07) is 22.6. The van der Waals surface area contributed by atoms with E-state index in [2.05, 4.69) is 43.4 Å². The lowest BCUT2D eigenvalue weighted by Gasteiger charge is -2.19. The third-order valence-electron chi connectivity index (χ3n) is 5.50. The number of ketones is 1. The summed E-state index contributed by atoms with van der Waals surface area (Å²) in [6.07, 6.45) is 0.201. The van der Waals surface area contributed by atoms with Crippen LogP contribution in [0.1, 0.15) is 64.6 Å². The molecule has 0 atom stereocenters. The van der Waals surface area contributed by atoms with E-state index in [-0.39, 0.29) is 23.5 Å². The largest absolute Gasteiger partial charge is 0.489 e. The molecular weight excluding hydrogens is 400 g/mol. The Kier molecular flexibility index (Phi) is 5.91. The normalized spacial score (nSPS) is 14.3. The third-order valence-corrected chi connectivity index (χ3v) is 5.50. The van der Waals surface area contributed by atoms with Gasteiger partial charge in [-0.3, -0.25) is 9.59 Å². The Bertz CT molecular complexity index is 1170. The molecular formula is C27H26N2O3. The van der Waals surface area contributed by atoms with Gasteiger partial charge in [0.25, 0.3) is 5.91 Å². The topological polar surface area (TPSA) is 67.8 Å². The summed E-state index contributed by atoms with van der Waals surface area (Å²) >= 11 is 0. The summed E-state index contributed by atoms with van der Waals surface area (Å²) in [6.45, 7) is 6.95. The number of hydrazone groups is 1. The minimum Gasteiger partial charge on any atom is -0.489 e. The Balaban J connectivity index is 1.34. The molecule has 0 radical (unpaired) electrons. The molecule has 5 nitrogen and oxygen atoms in total. The van der Waals surface area contributed by atoms with E-state index in [0.717, 1.165) is 16.9 Å². The number of hydrogen-bond donors (Lipinski definition) is 1. The lowest BCUT2D eigenvalue weighted by molar-refractivity contribution is 0.0952. The maximum Gasteiger partial charge on any atom is 0.271 e. The van der Waals surface area contributed by atoms with Crippen molar-refractivity contribution in [3.05, 3.63) is 101 Å². The van der Waals surface area contributed by atoms with Gasteiger partial charge < -0.3 is 4.74 Å². The molecule has 0 fully saturated rings. The van der Waals surface area contributed by atoms with Crippen molar-refractivity contribution >= 4 is 17.4 Å². The Labute approximate surface area is 188 Å². The molecule has 0 heterocycles. The van der Waals surface area contributed by atoms with E-state index in [1.165, 1.54) is 5.56 Å². The predicted molar refractivity (Wildman–Crippen MR) is 125 cm³/mol. The van der Waals surface area contributed by atoms with Gasteiger partial charge in [0, 0.05) is 16.7 Å². The summed E-state index contributed by atoms with van der Waals surface area (Å²) < 4.78 is 5.86.